The van der Waals surface area contributed by atoms with Crippen LogP contribution in [0.5, 0.6) is 0 Å². The smallest absolute Gasteiger partial charge is 0.270 e. The van der Waals surface area contributed by atoms with E-state index in [0.29, 0.717) is 5.56 Å². The quantitative estimate of drug-likeness (QED) is 0.235. The summed E-state index contributed by atoms with van der Waals surface area (Å²) in [6.45, 7) is -0.550. The average molecular weight is 566 g/mol. The van der Waals surface area contributed by atoms with Crippen LogP contribution in [0.2, 0.25) is 5.02 Å². The van der Waals surface area contributed by atoms with E-state index in [2.05, 4.69) is 26.5 Å². The summed E-state index contributed by atoms with van der Waals surface area (Å²) in [5.74, 6) is -0.700. The Balaban J connectivity index is 1.78. The predicted octanol–water partition coefficient (Wildman–Crippen LogP) is 4.35. The maximum Gasteiger partial charge on any atom is 0.270 e. The van der Waals surface area contributed by atoms with Crippen LogP contribution >= 0.6 is 27.5 Å². The number of carbonyl (C=O) groups excluding carboxylic acids is 1. The van der Waals surface area contributed by atoms with Gasteiger partial charge in [-0.2, -0.15) is 9.41 Å². The molecule has 0 unspecified atom stereocenters. The minimum Gasteiger partial charge on any atom is -0.272 e. The molecular weight excluding hydrogens is 548 g/mol. The predicted molar refractivity (Wildman–Crippen MR) is 132 cm³/mol. The van der Waals surface area contributed by atoms with Crippen LogP contribution in [0.4, 0.5) is 5.69 Å². The second kappa shape index (κ2) is 11.3. The third kappa shape index (κ3) is 6.70. The standard InChI is InChI=1S/C22H18BrClN4O5S/c23-18-8-6-16(7-9-18)14-27(34(32,33)20-4-2-1-3-5-20)15-22(29)26-25-13-17-12-19(28(30)31)10-11-21(17)24/h1-13H,14-15H2,(H,26,29)/b25-13-. The monoisotopic (exact) mass is 564 g/mol. The molecule has 0 bridgehead atoms. The fourth-order valence-electron chi connectivity index (χ4n) is 2.87. The second-order valence-electron chi connectivity index (χ2n) is 6.97. The van der Waals surface area contributed by atoms with Crippen LogP contribution in [0.3, 0.4) is 0 Å². The summed E-state index contributed by atoms with van der Waals surface area (Å²) >= 11 is 9.35. The molecule has 0 spiro atoms. The van der Waals surface area contributed by atoms with Crippen molar-refractivity contribution in [2.45, 2.75) is 11.4 Å². The molecule has 0 saturated carbocycles. The number of sulfonamides is 1. The lowest BCUT2D eigenvalue weighted by Gasteiger charge is -2.21. The highest BCUT2D eigenvalue weighted by Crippen LogP contribution is 2.21. The lowest BCUT2D eigenvalue weighted by molar-refractivity contribution is -0.384. The molecule has 0 heterocycles. The number of hydrazone groups is 1. The summed E-state index contributed by atoms with van der Waals surface area (Å²) < 4.78 is 28.3. The van der Waals surface area contributed by atoms with E-state index in [0.717, 1.165) is 15.0 Å². The zero-order valence-electron chi connectivity index (χ0n) is 17.5. The minimum absolute atomic E-state index is 0.0433. The number of benzene rings is 3. The number of nitrogens with one attached hydrogen (secondary N) is 1. The highest BCUT2D eigenvalue weighted by Gasteiger charge is 2.26. The third-order valence-corrected chi connectivity index (χ3v) is 7.24. The first-order valence-corrected chi connectivity index (χ1v) is 12.3. The van der Waals surface area contributed by atoms with Gasteiger partial charge in [0.25, 0.3) is 11.6 Å². The van der Waals surface area contributed by atoms with E-state index >= 15 is 0 Å². The van der Waals surface area contributed by atoms with E-state index in [9.17, 15) is 23.3 Å². The molecule has 3 aromatic rings. The van der Waals surface area contributed by atoms with Crippen molar-refractivity contribution in [2.75, 3.05) is 6.54 Å². The number of non-ortho nitro benzene ring substituents is 1. The lowest BCUT2D eigenvalue weighted by atomic mass is 10.2. The van der Waals surface area contributed by atoms with Crippen LogP contribution in [0.15, 0.2) is 87.3 Å². The van der Waals surface area contributed by atoms with Crippen molar-refractivity contribution in [3.05, 3.63) is 104 Å². The number of rotatable bonds is 9. The molecule has 1 amide bonds. The summed E-state index contributed by atoms with van der Waals surface area (Å²) in [6.07, 6.45) is 1.15. The molecule has 0 aliphatic heterocycles. The van der Waals surface area contributed by atoms with Crippen LogP contribution in [0, 0.1) is 10.1 Å². The first-order chi connectivity index (χ1) is 16.2. The van der Waals surface area contributed by atoms with Crippen molar-refractivity contribution in [1.29, 1.82) is 0 Å². The van der Waals surface area contributed by atoms with E-state index in [-0.39, 0.29) is 27.7 Å². The fourth-order valence-corrected chi connectivity index (χ4v) is 4.71. The van der Waals surface area contributed by atoms with Gasteiger partial charge in [0.05, 0.1) is 22.6 Å². The van der Waals surface area contributed by atoms with Crippen LogP contribution in [-0.2, 0) is 21.4 Å². The summed E-state index contributed by atoms with van der Waals surface area (Å²) in [7, 11) is -3.99. The van der Waals surface area contributed by atoms with Crippen molar-refractivity contribution < 1.29 is 18.1 Å². The first-order valence-electron chi connectivity index (χ1n) is 9.72. The molecular formula is C22H18BrClN4O5S. The summed E-state index contributed by atoms with van der Waals surface area (Å²) in [4.78, 5) is 22.9. The number of halogens is 2. The maximum absolute atomic E-state index is 13.2. The zero-order chi connectivity index (χ0) is 24.7. The van der Waals surface area contributed by atoms with Gasteiger partial charge in [-0.1, -0.05) is 57.9 Å². The Morgan fingerprint density at radius 2 is 1.79 bits per heavy atom. The number of carbonyl (C=O) groups is 1. The molecule has 0 radical (unpaired) electrons. The number of nitro benzene ring substituents is 1. The van der Waals surface area contributed by atoms with Crippen molar-refractivity contribution in [3.8, 4) is 0 Å². The van der Waals surface area contributed by atoms with Gasteiger partial charge in [0.1, 0.15) is 0 Å². The Kier molecular flexibility index (Phi) is 8.51. The van der Waals surface area contributed by atoms with Crippen molar-refractivity contribution in [2.24, 2.45) is 5.10 Å². The molecule has 12 heteroatoms. The lowest BCUT2D eigenvalue weighted by Crippen LogP contribution is -2.39. The summed E-state index contributed by atoms with van der Waals surface area (Å²) in [5.41, 5.74) is 2.96. The van der Waals surface area contributed by atoms with E-state index in [4.69, 9.17) is 11.6 Å². The molecule has 0 saturated heterocycles. The highest BCUT2D eigenvalue weighted by atomic mass is 79.9. The van der Waals surface area contributed by atoms with E-state index in [1.54, 1.807) is 42.5 Å². The molecule has 0 atom stereocenters. The molecule has 0 aliphatic carbocycles. The molecule has 176 valence electrons. The normalized spacial score (nSPS) is 11.6. The van der Waals surface area contributed by atoms with Gasteiger partial charge in [-0.3, -0.25) is 14.9 Å². The molecule has 0 aromatic heterocycles. The van der Waals surface area contributed by atoms with Crippen molar-refractivity contribution in [3.63, 3.8) is 0 Å². The topological polar surface area (TPSA) is 122 Å². The molecule has 3 aromatic carbocycles. The van der Waals surface area contributed by atoms with E-state index in [1.165, 1.54) is 30.3 Å². The van der Waals surface area contributed by atoms with Gasteiger partial charge in [0.2, 0.25) is 10.0 Å². The Labute approximate surface area is 209 Å². The Morgan fingerprint density at radius 3 is 2.44 bits per heavy atom. The molecule has 0 aliphatic rings. The first kappa shape index (κ1) is 25.5. The molecule has 9 nitrogen and oxygen atoms in total. The third-order valence-electron chi connectivity index (χ3n) is 4.56. The van der Waals surface area contributed by atoms with Crippen LogP contribution in [-0.4, -0.2) is 36.3 Å². The number of hydrogen-bond acceptors (Lipinski definition) is 6. The molecule has 3 rings (SSSR count). The Bertz CT molecular complexity index is 1320. The number of hydrogen-bond donors (Lipinski definition) is 1. The van der Waals surface area contributed by atoms with Crippen molar-refractivity contribution >= 4 is 55.4 Å². The second-order valence-corrected chi connectivity index (χ2v) is 10.2. The highest BCUT2D eigenvalue weighted by molar-refractivity contribution is 9.10. The van der Waals surface area contributed by atoms with Crippen LogP contribution in [0.25, 0.3) is 0 Å². The number of amides is 1. The minimum atomic E-state index is -3.99. The summed E-state index contributed by atoms with van der Waals surface area (Å²) in [5, 5.41) is 14.9. The average Bonchev–Trinajstić information content (AvgIpc) is 2.81. The van der Waals surface area contributed by atoms with Gasteiger partial charge in [0, 0.05) is 33.7 Å². The summed E-state index contributed by atoms with van der Waals surface area (Å²) in [6, 6.07) is 18.6. The van der Waals surface area contributed by atoms with Crippen molar-refractivity contribution in [1.82, 2.24) is 9.73 Å². The SMILES string of the molecule is O=C(CN(Cc1ccc(Br)cc1)S(=O)(=O)c1ccccc1)N/N=C\c1cc([N+](=O)[O-])ccc1Cl. The van der Waals surface area contributed by atoms with E-state index in [1.807, 2.05) is 0 Å². The molecule has 1 N–H and O–H groups in total. The van der Waals surface area contributed by atoms with Gasteiger partial charge in [-0.25, -0.2) is 13.8 Å². The van der Waals surface area contributed by atoms with Gasteiger partial charge >= 0.3 is 0 Å². The van der Waals surface area contributed by atoms with Gasteiger partial charge in [-0.05, 0) is 35.9 Å². The zero-order valence-corrected chi connectivity index (χ0v) is 20.6. The number of nitrogens with zero attached hydrogens (tertiary/aromatic N) is 3. The molecule has 34 heavy (non-hydrogen) atoms. The van der Waals surface area contributed by atoms with Crippen LogP contribution in [0.1, 0.15) is 11.1 Å². The largest absolute Gasteiger partial charge is 0.272 e. The van der Waals surface area contributed by atoms with Gasteiger partial charge < -0.3 is 0 Å². The Hall–Kier alpha value is -3.12. The van der Waals surface area contributed by atoms with Gasteiger partial charge in [-0.15, -0.1) is 0 Å². The Morgan fingerprint density at radius 1 is 1.12 bits per heavy atom. The molecule has 0 fully saturated rings. The van der Waals surface area contributed by atoms with Gasteiger partial charge in [0.15, 0.2) is 0 Å². The maximum atomic E-state index is 13.2. The van der Waals surface area contributed by atoms with E-state index < -0.39 is 27.4 Å². The van der Waals surface area contributed by atoms with Crippen LogP contribution < -0.4 is 5.43 Å². The fraction of sp³-hybridized carbons (Fsp3) is 0.0909. The number of nitro groups is 1.